The van der Waals surface area contributed by atoms with Crippen LogP contribution in [-0.4, -0.2) is 56.1 Å². The molecule has 2 heterocycles. The summed E-state index contributed by atoms with van der Waals surface area (Å²) in [6.07, 6.45) is 4.26. The summed E-state index contributed by atoms with van der Waals surface area (Å²) in [6.45, 7) is 9.78. The van der Waals surface area contributed by atoms with E-state index in [1.165, 1.54) is 28.4 Å². The number of aromatic nitrogens is 2. The quantitative estimate of drug-likeness (QED) is 0.0693. The number of aryl methyl sites for hydroxylation is 2. The van der Waals surface area contributed by atoms with E-state index in [-0.39, 0.29) is 73.0 Å². The summed E-state index contributed by atoms with van der Waals surface area (Å²) in [5.74, 6) is -2.21. The van der Waals surface area contributed by atoms with Gasteiger partial charge in [-0.15, -0.1) is 0 Å². The van der Waals surface area contributed by atoms with Crippen molar-refractivity contribution in [2.75, 3.05) is 7.11 Å². The number of nitrogens with zero attached hydrogens (tertiary/aromatic N) is 4. The molecule has 384 valence electrons. The second kappa shape index (κ2) is 30.9. The van der Waals surface area contributed by atoms with Gasteiger partial charge in [0.25, 0.3) is 11.1 Å². The van der Waals surface area contributed by atoms with Crippen LogP contribution in [0.25, 0.3) is 22.3 Å². The number of carboxylic acids is 1. The average molecular weight is 1000 g/mol. The van der Waals surface area contributed by atoms with Gasteiger partial charge in [-0.25, -0.2) is 0 Å². The van der Waals surface area contributed by atoms with Gasteiger partial charge in [-0.05, 0) is 102 Å². The predicted octanol–water partition coefficient (Wildman–Crippen LogP) is 5.71. The van der Waals surface area contributed by atoms with E-state index >= 15 is 0 Å². The van der Waals surface area contributed by atoms with E-state index in [4.69, 9.17) is 4.74 Å². The van der Waals surface area contributed by atoms with E-state index in [2.05, 4.69) is 22.8 Å². The first-order valence-electron chi connectivity index (χ1n) is 23.0. The molecule has 6 rings (SSSR count). The number of ether oxygens (including phenoxy) is 1. The molecule has 6 N–H and O–H groups in total. The van der Waals surface area contributed by atoms with Crippen molar-refractivity contribution in [1.82, 2.24) is 19.8 Å². The van der Waals surface area contributed by atoms with Gasteiger partial charge in [-0.2, -0.15) is 10.5 Å². The predicted molar refractivity (Wildman–Crippen MR) is 279 cm³/mol. The molecule has 2 amide bonds. The molecule has 4 aromatic carbocycles. The minimum Gasteiger partial charge on any atom is -0.870 e. The van der Waals surface area contributed by atoms with Gasteiger partial charge in [0.15, 0.2) is 0 Å². The van der Waals surface area contributed by atoms with Gasteiger partial charge in [-0.1, -0.05) is 107 Å². The van der Waals surface area contributed by atoms with Crippen molar-refractivity contribution in [2.45, 2.75) is 98.3 Å². The Kier molecular flexibility index (Phi) is 26.8. The normalized spacial score (nSPS) is 11.7. The Morgan fingerprint density at radius 3 is 1.46 bits per heavy atom. The molecule has 74 heavy (non-hydrogen) atoms. The summed E-state index contributed by atoms with van der Waals surface area (Å²) in [7, 11) is 1.30. The first-order chi connectivity index (χ1) is 33.6. The second-order valence-electron chi connectivity index (χ2n) is 17.3. The van der Waals surface area contributed by atoms with Crippen LogP contribution in [0.15, 0.2) is 143 Å². The Bertz CT molecular complexity index is 3050. The molecule has 0 saturated heterocycles. The third kappa shape index (κ3) is 16.9. The maximum absolute atomic E-state index is 13.5. The van der Waals surface area contributed by atoms with E-state index in [1.54, 1.807) is 67.0 Å². The topological polar surface area (TPSA) is 275 Å². The molecule has 4 unspecified atom stereocenters. The summed E-state index contributed by atoms with van der Waals surface area (Å²) in [5.41, 5.74) is 6.73. The monoisotopic (exact) mass is 1000 g/mol. The molecule has 0 aliphatic heterocycles. The Balaban J connectivity index is 0.000000703. The second-order valence-corrected chi connectivity index (χ2v) is 17.3. The van der Waals surface area contributed by atoms with Crippen molar-refractivity contribution in [3.8, 4) is 34.4 Å². The number of carboxylic acid groups (broad SMARTS) is 1. The number of esters is 1. The van der Waals surface area contributed by atoms with Crippen molar-refractivity contribution in [3.05, 3.63) is 188 Å². The van der Waals surface area contributed by atoms with E-state index in [0.717, 1.165) is 27.8 Å². The van der Waals surface area contributed by atoms with Crippen LogP contribution < -0.4 is 40.6 Å². The summed E-state index contributed by atoms with van der Waals surface area (Å²) >= 11 is 0. The Labute approximate surface area is 444 Å². The van der Waals surface area contributed by atoms with Crippen molar-refractivity contribution in [1.29, 1.82) is 10.5 Å². The Morgan fingerprint density at radius 2 is 1.07 bits per heavy atom. The summed E-state index contributed by atoms with van der Waals surface area (Å²) in [4.78, 5) is 75.6. The molecule has 16 nitrogen and oxygen atoms in total. The van der Waals surface area contributed by atoms with Gasteiger partial charge in [0, 0.05) is 35.7 Å². The van der Waals surface area contributed by atoms with E-state index < -0.39 is 42.0 Å². The molecule has 0 spiro atoms. The Morgan fingerprint density at radius 1 is 0.649 bits per heavy atom. The van der Waals surface area contributed by atoms with Crippen LogP contribution in [0.5, 0.6) is 0 Å². The number of aliphatic carboxylic acids is 1. The number of nitrogens with one attached hydrogen (secondary N) is 2. The third-order valence-corrected chi connectivity index (χ3v) is 11.8. The zero-order valence-electron chi connectivity index (χ0n) is 42.2. The van der Waals surface area contributed by atoms with Gasteiger partial charge in [0.05, 0.1) is 55.3 Å². The van der Waals surface area contributed by atoms with Crippen LogP contribution in [0.1, 0.15) is 118 Å². The van der Waals surface area contributed by atoms with Crippen molar-refractivity contribution < 1.29 is 58.8 Å². The SMILES string of the molecule is C.CCCC(C(=O)NC(CC(=O)O)c1ccc(C#N)c(-c2ccccc2C)c1)n1ccccc1=O.COC(=O)CC(NC(=O)C(CC(C)C)n1ccccc1=O)c1ccc(C#N)c(-c2ccccc2C)c1.O.[Li+].[OH-]. The molecule has 17 heteroatoms. The molecule has 6 aromatic rings. The van der Waals surface area contributed by atoms with Crippen LogP contribution in [0.2, 0.25) is 0 Å². The van der Waals surface area contributed by atoms with Crippen LogP contribution >= 0.6 is 0 Å². The number of methoxy groups -OCH3 is 1. The minimum absolute atomic E-state index is 0. The molecule has 0 radical (unpaired) electrons. The first kappa shape index (κ1) is 64.2. The van der Waals surface area contributed by atoms with Crippen molar-refractivity contribution in [3.63, 3.8) is 0 Å². The fraction of sp³-hybridized carbons (Fsp3) is 0.298. The number of carbonyl (C=O) groups excluding carboxylic acids is 3. The van der Waals surface area contributed by atoms with E-state index in [0.29, 0.717) is 47.1 Å². The maximum Gasteiger partial charge on any atom is 1.00 e. The van der Waals surface area contributed by atoms with Gasteiger partial charge in [0.1, 0.15) is 12.1 Å². The number of amides is 2. The fourth-order valence-corrected chi connectivity index (χ4v) is 8.27. The maximum atomic E-state index is 13.5. The summed E-state index contributed by atoms with van der Waals surface area (Å²) < 4.78 is 7.68. The number of pyridine rings is 2. The smallest absolute Gasteiger partial charge is 0.870 e. The van der Waals surface area contributed by atoms with Gasteiger partial charge < -0.3 is 40.6 Å². The Hall–Kier alpha value is -7.84. The number of carbonyl (C=O) groups is 4. The summed E-state index contributed by atoms with van der Waals surface area (Å²) in [6, 6.07) is 36.5. The number of nitriles is 2. The largest absolute Gasteiger partial charge is 1.00 e. The van der Waals surface area contributed by atoms with Gasteiger partial charge >= 0.3 is 30.8 Å². The molecular formula is C57H65LiN6O10. The van der Waals surface area contributed by atoms with Crippen molar-refractivity contribution in [2.24, 2.45) is 5.92 Å². The van der Waals surface area contributed by atoms with Gasteiger partial charge in [-0.3, -0.25) is 28.8 Å². The molecule has 0 aliphatic carbocycles. The number of hydrogen-bond acceptors (Lipinski definition) is 10. The zero-order chi connectivity index (χ0) is 50.9. The standard InChI is InChI=1S/C29H31N3O4.C27H27N3O4.CH4.Li.2H2O/c1-19(2)15-26(32-14-8-7-11-27(32)33)29(35)31-25(17-28(34)36-4)21-12-13-22(18-30)24(16-21)23-10-6-5-9-20(23)3;1-3-8-24(30-14-7-6-11-25(30)31)27(34)29-23(16-26(32)33)19-12-13-20(17-28)22(15-19)21-10-5-4-9-18(21)2;;;;/h5-14,16,19,25-26H,15,17H2,1-4H3,(H,31,35);4-7,9-15,23-24H,3,8,16H2,1-2H3,(H,29,34)(H,32,33);1H4;;2*1H2/q;;;+1;;/p-1. The molecule has 0 aliphatic rings. The molecule has 0 bridgehead atoms. The van der Waals surface area contributed by atoms with E-state index in [9.17, 15) is 44.4 Å². The third-order valence-electron chi connectivity index (χ3n) is 11.8. The fourth-order valence-electron chi connectivity index (χ4n) is 8.27. The van der Waals surface area contributed by atoms with Crippen LogP contribution in [-0.2, 0) is 23.9 Å². The van der Waals surface area contributed by atoms with Crippen LogP contribution in [0.4, 0.5) is 0 Å². The molecule has 4 atom stereocenters. The molecule has 0 saturated carbocycles. The first-order valence-corrected chi connectivity index (χ1v) is 23.0. The summed E-state index contributed by atoms with van der Waals surface area (Å²) in [5, 5.41) is 34.7. The zero-order valence-corrected chi connectivity index (χ0v) is 42.2. The average Bonchev–Trinajstić information content (AvgIpc) is 3.34. The number of hydrogen-bond donors (Lipinski definition) is 3. The van der Waals surface area contributed by atoms with E-state index in [1.807, 2.05) is 89.2 Å². The number of benzene rings is 4. The van der Waals surface area contributed by atoms with Crippen LogP contribution in [0, 0.1) is 42.4 Å². The van der Waals surface area contributed by atoms with Gasteiger partial charge in [0.2, 0.25) is 11.8 Å². The van der Waals surface area contributed by atoms with Crippen molar-refractivity contribution >= 4 is 23.8 Å². The molecule has 2 aromatic heterocycles. The van der Waals surface area contributed by atoms with Crippen LogP contribution in [0.3, 0.4) is 0 Å². The molecular weight excluding hydrogens is 936 g/mol. The number of rotatable bonds is 18. The molecule has 0 fully saturated rings. The minimum atomic E-state index is -1.07.